The number of nitrogens with one attached hydrogen (secondary N) is 2. The summed E-state index contributed by atoms with van der Waals surface area (Å²) in [7, 11) is 1.57. The molecule has 0 saturated carbocycles. The minimum atomic E-state index is -0.516. The van der Waals surface area contributed by atoms with Crippen LogP contribution in [0, 0.1) is 0 Å². The van der Waals surface area contributed by atoms with Gasteiger partial charge in [0.05, 0.1) is 6.21 Å². The number of nitrogens with zero attached hydrogens (tertiary/aromatic N) is 4. The van der Waals surface area contributed by atoms with Crippen molar-refractivity contribution in [3.63, 3.8) is 0 Å². The predicted octanol–water partition coefficient (Wildman–Crippen LogP) is 3.16. The molecule has 0 aliphatic carbocycles. The molecule has 9 heteroatoms. The number of rotatable bonds is 7. The van der Waals surface area contributed by atoms with Crippen LogP contribution in [0.4, 0.5) is 5.95 Å². The number of hydrazone groups is 1. The van der Waals surface area contributed by atoms with Gasteiger partial charge < -0.3 is 4.57 Å². The van der Waals surface area contributed by atoms with Crippen molar-refractivity contribution in [3.05, 3.63) is 91.6 Å². The molecule has 4 aromatic rings. The summed E-state index contributed by atoms with van der Waals surface area (Å²) in [5.74, 6) is 0.373. The van der Waals surface area contributed by atoms with E-state index < -0.39 is 11.2 Å². The summed E-state index contributed by atoms with van der Waals surface area (Å²) in [6, 6.07) is 17.4. The third-order valence-electron chi connectivity index (χ3n) is 4.97. The topological polar surface area (TPSA) is 97.1 Å². The van der Waals surface area contributed by atoms with E-state index in [9.17, 15) is 9.59 Å². The van der Waals surface area contributed by atoms with E-state index in [4.69, 9.17) is 11.6 Å². The zero-order valence-corrected chi connectivity index (χ0v) is 17.6. The molecule has 31 heavy (non-hydrogen) atoms. The Morgan fingerprint density at radius 1 is 1.13 bits per heavy atom. The summed E-state index contributed by atoms with van der Waals surface area (Å²) in [6.45, 7) is 0.524. The van der Waals surface area contributed by atoms with Crippen LogP contribution >= 0.6 is 11.6 Å². The van der Waals surface area contributed by atoms with Crippen LogP contribution in [0.1, 0.15) is 17.5 Å². The van der Waals surface area contributed by atoms with E-state index in [1.54, 1.807) is 23.9 Å². The number of benzene rings is 2. The molecule has 2 heterocycles. The number of hydrogen-bond donors (Lipinski definition) is 2. The SMILES string of the molecule is Cn1c(=O)[nH]c(=O)c2c1nc(NN=Cc1ccccc1Cl)n2CCCc1ccccc1. The molecule has 0 saturated heterocycles. The molecule has 2 aromatic heterocycles. The van der Waals surface area contributed by atoms with Gasteiger partial charge >= 0.3 is 5.69 Å². The van der Waals surface area contributed by atoms with Gasteiger partial charge in [-0.2, -0.15) is 10.1 Å². The highest BCUT2D eigenvalue weighted by atomic mass is 35.5. The number of aryl methyl sites for hydroxylation is 3. The predicted molar refractivity (Wildman–Crippen MR) is 123 cm³/mol. The van der Waals surface area contributed by atoms with Crippen LogP contribution in [0.2, 0.25) is 5.02 Å². The molecule has 0 fully saturated rings. The van der Waals surface area contributed by atoms with Crippen molar-refractivity contribution in [2.24, 2.45) is 12.1 Å². The number of H-pyrrole nitrogens is 1. The van der Waals surface area contributed by atoms with Crippen molar-refractivity contribution in [3.8, 4) is 0 Å². The third kappa shape index (κ3) is 4.44. The van der Waals surface area contributed by atoms with Gasteiger partial charge in [0.1, 0.15) is 0 Å². The Morgan fingerprint density at radius 3 is 2.65 bits per heavy atom. The maximum Gasteiger partial charge on any atom is 0.329 e. The molecule has 0 amide bonds. The van der Waals surface area contributed by atoms with Crippen LogP contribution < -0.4 is 16.7 Å². The second-order valence-corrected chi connectivity index (χ2v) is 7.47. The summed E-state index contributed by atoms with van der Waals surface area (Å²) in [4.78, 5) is 31.4. The Hall–Kier alpha value is -3.65. The molecule has 2 N–H and O–H groups in total. The molecule has 2 aromatic carbocycles. The molecule has 0 unspecified atom stereocenters. The average molecular weight is 437 g/mol. The van der Waals surface area contributed by atoms with E-state index in [2.05, 4.69) is 32.6 Å². The zero-order valence-electron chi connectivity index (χ0n) is 16.9. The van der Waals surface area contributed by atoms with Crippen molar-refractivity contribution in [1.29, 1.82) is 0 Å². The molecule has 0 aliphatic rings. The summed E-state index contributed by atoms with van der Waals surface area (Å²) in [6.07, 6.45) is 3.20. The van der Waals surface area contributed by atoms with Crippen molar-refractivity contribution in [2.75, 3.05) is 5.43 Å². The van der Waals surface area contributed by atoms with Crippen molar-refractivity contribution in [2.45, 2.75) is 19.4 Å². The molecule has 0 aliphatic heterocycles. The number of anilines is 1. The lowest BCUT2D eigenvalue weighted by molar-refractivity contribution is 0.659. The number of halogens is 1. The van der Waals surface area contributed by atoms with Crippen molar-refractivity contribution >= 4 is 34.9 Å². The lowest BCUT2D eigenvalue weighted by Crippen LogP contribution is -2.29. The molecule has 0 bridgehead atoms. The molecule has 0 spiro atoms. The second-order valence-electron chi connectivity index (χ2n) is 7.06. The fourth-order valence-corrected chi connectivity index (χ4v) is 3.55. The Bertz CT molecular complexity index is 1350. The Balaban J connectivity index is 1.66. The number of hydrogen-bond acceptors (Lipinski definition) is 5. The lowest BCUT2D eigenvalue weighted by atomic mass is 10.1. The van der Waals surface area contributed by atoms with E-state index in [1.807, 2.05) is 36.4 Å². The van der Waals surface area contributed by atoms with Gasteiger partial charge in [0.2, 0.25) is 5.95 Å². The van der Waals surface area contributed by atoms with Gasteiger partial charge in [0, 0.05) is 24.2 Å². The summed E-state index contributed by atoms with van der Waals surface area (Å²) < 4.78 is 3.06. The molecular weight excluding hydrogens is 416 g/mol. The minimum Gasteiger partial charge on any atom is -0.303 e. The van der Waals surface area contributed by atoms with Gasteiger partial charge in [0.15, 0.2) is 11.2 Å². The van der Waals surface area contributed by atoms with Crippen molar-refractivity contribution in [1.82, 2.24) is 19.1 Å². The number of fused-ring (bicyclic) bond motifs is 1. The molecule has 8 nitrogen and oxygen atoms in total. The number of imidazole rings is 1. The Labute approximate surface area is 182 Å². The fraction of sp³-hybridized carbons (Fsp3) is 0.182. The van der Waals surface area contributed by atoms with Crippen LogP contribution in [-0.2, 0) is 20.0 Å². The van der Waals surface area contributed by atoms with Crippen LogP contribution in [0.15, 0.2) is 69.3 Å². The molecular formula is C22H21ClN6O2. The highest BCUT2D eigenvalue weighted by molar-refractivity contribution is 6.33. The molecule has 0 atom stereocenters. The first-order valence-corrected chi connectivity index (χ1v) is 10.2. The van der Waals surface area contributed by atoms with E-state index in [0.29, 0.717) is 28.7 Å². The first kappa shape index (κ1) is 20.6. The van der Waals surface area contributed by atoms with Gasteiger partial charge in [-0.05, 0) is 24.5 Å². The first-order chi connectivity index (χ1) is 15.0. The normalized spacial score (nSPS) is 11.4. The van der Waals surface area contributed by atoms with Gasteiger partial charge in [-0.3, -0.25) is 14.3 Å². The summed E-state index contributed by atoms with van der Waals surface area (Å²) in [5, 5.41) is 4.81. The smallest absolute Gasteiger partial charge is 0.303 e. The van der Waals surface area contributed by atoms with Gasteiger partial charge in [-0.15, -0.1) is 0 Å². The highest BCUT2D eigenvalue weighted by Crippen LogP contribution is 2.17. The first-order valence-electron chi connectivity index (χ1n) is 9.81. The van der Waals surface area contributed by atoms with Crippen molar-refractivity contribution < 1.29 is 0 Å². The molecule has 158 valence electrons. The van der Waals surface area contributed by atoms with Crippen LogP contribution in [-0.4, -0.2) is 25.3 Å². The average Bonchev–Trinajstić information content (AvgIpc) is 3.13. The minimum absolute atomic E-state index is 0.295. The van der Waals surface area contributed by atoms with Gasteiger partial charge in [0.25, 0.3) is 5.56 Å². The highest BCUT2D eigenvalue weighted by Gasteiger charge is 2.17. The summed E-state index contributed by atoms with van der Waals surface area (Å²) in [5.41, 5.74) is 4.47. The monoisotopic (exact) mass is 436 g/mol. The van der Waals surface area contributed by atoms with E-state index in [-0.39, 0.29) is 0 Å². The largest absolute Gasteiger partial charge is 0.329 e. The molecule has 0 radical (unpaired) electrons. The maximum atomic E-state index is 12.5. The van der Waals surface area contributed by atoms with Gasteiger partial charge in [-0.1, -0.05) is 60.1 Å². The third-order valence-corrected chi connectivity index (χ3v) is 5.31. The van der Waals surface area contributed by atoms with Crippen LogP contribution in [0.25, 0.3) is 11.2 Å². The second kappa shape index (κ2) is 9.01. The van der Waals surface area contributed by atoms with Crippen LogP contribution in [0.3, 0.4) is 0 Å². The quantitative estimate of drug-likeness (QED) is 0.343. The molecule has 4 rings (SSSR count). The van der Waals surface area contributed by atoms with Crippen LogP contribution in [0.5, 0.6) is 0 Å². The Morgan fingerprint density at radius 2 is 1.87 bits per heavy atom. The van der Waals surface area contributed by atoms with Gasteiger partial charge in [-0.25, -0.2) is 10.2 Å². The van der Waals surface area contributed by atoms with E-state index >= 15 is 0 Å². The fourth-order valence-electron chi connectivity index (χ4n) is 3.36. The van der Waals surface area contributed by atoms with E-state index in [1.165, 1.54) is 10.1 Å². The lowest BCUT2D eigenvalue weighted by Gasteiger charge is -2.08. The maximum absolute atomic E-state index is 12.5. The zero-order chi connectivity index (χ0) is 21.8. The standard InChI is InChI=1S/C22H21ClN6O2/c1-28-19-18(20(30)26-22(28)31)29(13-7-10-15-8-3-2-4-9-15)21(25-19)27-24-14-16-11-5-6-12-17(16)23/h2-6,8-9,11-12,14H,7,10,13H2,1H3,(H,25,27)(H,26,30,31). The van der Waals surface area contributed by atoms with E-state index in [0.717, 1.165) is 18.4 Å². The summed E-state index contributed by atoms with van der Waals surface area (Å²) >= 11 is 6.16. The Kier molecular flexibility index (Phi) is 5.99. The number of aromatic nitrogens is 4. The number of aromatic amines is 1.